The first-order valence-corrected chi connectivity index (χ1v) is 6.07. The van der Waals surface area contributed by atoms with Gasteiger partial charge < -0.3 is 10.0 Å². The Morgan fingerprint density at radius 3 is 2.82 bits per heavy atom. The van der Waals surface area contributed by atoms with E-state index >= 15 is 0 Å². The first-order valence-electron chi connectivity index (χ1n) is 5.28. The van der Waals surface area contributed by atoms with Gasteiger partial charge in [-0.15, -0.1) is 0 Å². The number of aliphatic carboxylic acids is 1. The zero-order valence-corrected chi connectivity index (χ0v) is 10.9. The molecule has 1 aliphatic heterocycles. The standard InChI is InChI=1S/C12H12BrNO3/c1-7(15)14-6-8(4-12(16)17)10-5-9(13)2-3-11(10)14/h2-3,5,8H,4,6H2,1H3,(H,16,17). The Morgan fingerprint density at radius 1 is 1.53 bits per heavy atom. The molecule has 4 nitrogen and oxygen atoms in total. The van der Waals surface area contributed by atoms with Crippen molar-refractivity contribution < 1.29 is 14.7 Å². The van der Waals surface area contributed by atoms with Gasteiger partial charge >= 0.3 is 5.97 Å². The number of carboxylic acid groups (broad SMARTS) is 1. The average Bonchev–Trinajstić information content (AvgIpc) is 2.56. The molecule has 0 radical (unpaired) electrons. The Balaban J connectivity index is 2.40. The van der Waals surface area contributed by atoms with E-state index in [1.54, 1.807) is 4.90 Å². The third-order valence-corrected chi connectivity index (χ3v) is 3.42. The number of nitrogens with zero attached hydrogens (tertiary/aromatic N) is 1. The highest BCUT2D eigenvalue weighted by Gasteiger charge is 2.32. The van der Waals surface area contributed by atoms with Crippen molar-refractivity contribution in [1.82, 2.24) is 0 Å². The minimum absolute atomic E-state index is 0.0488. The van der Waals surface area contributed by atoms with Crippen LogP contribution >= 0.6 is 15.9 Å². The van der Waals surface area contributed by atoms with E-state index < -0.39 is 5.97 Å². The van der Waals surface area contributed by atoms with Gasteiger partial charge in [0, 0.05) is 29.5 Å². The number of carbonyl (C=O) groups is 2. The smallest absolute Gasteiger partial charge is 0.304 e. The topological polar surface area (TPSA) is 57.6 Å². The molecule has 0 bridgehead atoms. The van der Waals surface area contributed by atoms with E-state index in [1.807, 2.05) is 18.2 Å². The van der Waals surface area contributed by atoms with Crippen molar-refractivity contribution in [1.29, 1.82) is 0 Å². The van der Waals surface area contributed by atoms with Gasteiger partial charge in [-0.05, 0) is 23.8 Å². The fraction of sp³-hybridized carbons (Fsp3) is 0.333. The van der Waals surface area contributed by atoms with Crippen molar-refractivity contribution in [3.8, 4) is 0 Å². The Morgan fingerprint density at radius 2 is 2.24 bits per heavy atom. The summed E-state index contributed by atoms with van der Waals surface area (Å²) in [6.07, 6.45) is 0.0488. The summed E-state index contributed by atoms with van der Waals surface area (Å²) in [4.78, 5) is 23.9. The monoisotopic (exact) mass is 297 g/mol. The highest BCUT2D eigenvalue weighted by atomic mass is 79.9. The third kappa shape index (κ3) is 2.34. The highest BCUT2D eigenvalue weighted by molar-refractivity contribution is 9.10. The molecule has 1 amide bonds. The number of hydrogen-bond acceptors (Lipinski definition) is 2. The van der Waals surface area contributed by atoms with Gasteiger partial charge in [-0.3, -0.25) is 9.59 Å². The maximum absolute atomic E-state index is 11.5. The molecule has 90 valence electrons. The van der Waals surface area contributed by atoms with Gasteiger partial charge in [0.2, 0.25) is 5.91 Å². The fourth-order valence-electron chi connectivity index (χ4n) is 2.20. The van der Waals surface area contributed by atoms with Gasteiger partial charge in [0.25, 0.3) is 0 Å². The molecule has 2 rings (SSSR count). The normalized spacial score (nSPS) is 18.0. The summed E-state index contributed by atoms with van der Waals surface area (Å²) in [5, 5.41) is 8.88. The van der Waals surface area contributed by atoms with E-state index in [-0.39, 0.29) is 18.2 Å². The second-order valence-electron chi connectivity index (χ2n) is 4.13. The predicted molar refractivity (Wildman–Crippen MR) is 67.2 cm³/mol. The van der Waals surface area contributed by atoms with Crippen molar-refractivity contribution in [2.75, 3.05) is 11.4 Å². The molecule has 1 unspecified atom stereocenters. The first-order chi connectivity index (χ1) is 7.99. The van der Waals surface area contributed by atoms with Crippen LogP contribution in [0.5, 0.6) is 0 Å². The van der Waals surface area contributed by atoms with Crippen molar-refractivity contribution >= 4 is 33.5 Å². The van der Waals surface area contributed by atoms with Crippen LogP contribution in [0.2, 0.25) is 0 Å². The maximum Gasteiger partial charge on any atom is 0.304 e. The molecule has 0 saturated carbocycles. The van der Waals surface area contributed by atoms with E-state index in [2.05, 4.69) is 15.9 Å². The lowest BCUT2D eigenvalue weighted by Crippen LogP contribution is -2.27. The molecular formula is C12H12BrNO3. The number of halogens is 1. The van der Waals surface area contributed by atoms with Gasteiger partial charge in [-0.1, -0.05) is 15.9 Å². The van der Waals surface area contributed by atoms with Gasteiger partial charge in [-0.2, -0.15) is 0 Å². The van der Waals surface area contributed by atoms with Crippen LogP contribution in [0.15, 0.2) is 22.7 Å². The van der Waals surface area contributed by atoms with Crippen LogP contribution in [0, 0.1) is 0 Å². The lowest BCUT2D eigenvalue weighted by atomic mass is 9.98. The van der Waals surface area contributed by atoms with E-state index in [9.17, 15) is 9.59 Å². The summed E-state index contributed by atoms with van der Waals surface area (Å²) in [6.45, 7) is 1.95. The molecular weight excluding hydrogens is 286 g/mol. The molecule has 1 aromatic carbocycles. The van der Waals surface area contributed by atoms with E-state index in [0.29, 0.717) is 6.54 Å². The Hall–Kier alpha value is -1.36. The minimum Gasteiger partial charge on any atom is -0.481 e. The summed E-state index contributed by atoms with van der Waals surface area (Å²) in [5.74, 6) is -1.02. The molecule has 0 fully saturated rings. The lowest BCUT2D eigenvalue weighted by molar-refractivity contribution is -0.137. The summed E-state index contributed by atoms with van der Waals surface area (Å²) in [5.41, 5.74) is 1.75. The zero-order valence-electron chi connectivity index (χ0n) is 9.31. The number of rotatable bonds is 2. The van der Waals surface area contributed by atoms with Crippen molar-refractivity contribution in [2.24, 2.45) is 0 Å². The number of benzene rings is 1. The fourth-order valence-corrected chi connectivity index (χ4v) is 2.58. The molecule has 1 aliphatic rings. The van der Waals surface area contributed by atoms with Crippen LogP contribution in [0.4, 0.5) is 5.69 Å². The predicted octanol–water partition coefficient (Wildman–Crippen LogP) is 2.37. The van der Waals surface area contributed by atoms with E-state index in [4.69, 9.17) is 5.11 Å². The van der Waals surface area contributed by atoms with Crippen molar-refractivity contribution in [3.05, 3.63) is 28.2 Å². The Labute approximate surface area is 107 Å². The molecule has 17 heavy (non-hydrogen) atoms. The van der Waals surface area contributed by atoms with Crippen molar-refractivity contribution in [2.45, 2.75) is 19.3 Å². The van der Waals surface area contributed by atoms with Crippen LogP contribution in [0.25, 0.3) is 0 Å². The van der Waals surface area contributed by atoms with Crippen molar-refractivity contribution in [3.63, 3.8) is 0 Å². The van der Waals surface area contributed by atoms with Crippen LogP contribution in [0.3, 0.4) is 0 Å². The average molecular weight is 298 g/mol. The van der Waals surface area contributed by atoms with Crippen LogP contribution in [0.1, 0.15) is 24.8 Å². The molecule has 1 N–H and O–H groups in total. The minimum atomic E-state index is -0.841. The van der Waals surface area contributed by atoms with E-state index in [1.165, 1.54) is 6.92 Å². The lowest BCUT2D eigenvalue weighted by Gasteiger charge is -2.14. The molecule has 0 spiro atoms. The Kier molecular flexibility index (Phi) is 3.19. The largest absolute Gasteiger partial charge is 0.481 e. The maximum atomic E-state index is 11.5. The molecule has 5 heteroatoms. The van der Waals surface area contributed by atoms with Gasteiger partial charge in [-0.25, -0.2) is 0 Å². The van der Waals surface area contributed by atoms with E-state index in [0.717, 1.165) is 15.7 Å². The number of fused-ring (bicyclic) bond motifs is 1. The number of anilines is 1. The number of carbonyl (C=O) groups excluding carboxylic acids is 1. The van der Waals surface area contributed by atoms with Gasteiger partial charge in [0.05, 0.1) is 6.42 Å². The third-order valence-electron chi connectivity index (χ3n) is 2.92. The molecule has 0 saturated heterocycles. The molecule has 0 aliphatic carbocycles. The first kappa shape index (κ1) is 12.1. The summed E-state index contributed by atoms with van der Waals surface area (Å²) in [6, 6.07) is 5.60. The molecule has 1 atom stereocenters. The molecule has 1 heterocycles. The quantitative estimate of drug-likeness (QED) is 0.912. The van der Waals surface area contributed by atoms with Crippen LogP contribution < -0.4 is 4.90 Å². The highest BCUT2D eigenvalue weighted by Crippen LogP contribution is 2.39. The van der Waals surface area contributed by atoms with Gasteiger partial charge in [0.15, 0.2) is 0 Å². The Bertz CT molecular complexity index is 487. The van der Waals surface area contributed by atoms with Gasteiger partial charge in [0.1, 0.15) is 0 Å². The second-order valence-corrected chi connectivity index (χ2v) is 5.04. The second kappa shape index (κ2) is 4.49. The molecule has 1 aromatic rings. The van der Waals surface area contributed by atoms with Crippen LogP contribution in [-0.2, 0) is 9.59 Å². The van der Waals surface area contributed by atoms with Crippen LogP contribution in [-0.4, -0.2) is 23.5 Å². The SMILES string of the molecule is CC(=O)N1CC(CC(=O)O)c2cc(Br)ccc21. The summed E-state index contributed by atoms with van der Waals surface area (Å²) in [7, 11) is 0. The molecule has 0 aromatic heterocycles. The number of amides is 1. The summed E-state index contributed by atoms with van der Waals surface area (Å²) < 4.78 is 0.900. The number of carboxylic acids is 1. The zero-order chi connectivity index (χ0) is 12.6. The summed E-state index contributed by atoms with van der Waals surface area (Å²) >= 11 is 3.36. The number of hydrogen-bond donors (Lipinski definition) is 1.